The van der Waals surface area contributed by atoms with E-state index in [1.54, 1.807) is 37.4 Å². The van der Waals surface area contributed by atoms with E-state index in [0.29, 0.717) is 33.4 Å². The maximum Gasteiger partial charge on any atom is 0.339 e. The van der Waals surface area contributed by atoms with E-state index in [-0.39, 0.29) is 18.7 Å². The quantitative estimate of drug-likeness (QED) is 0.621. The van der Waals surface area contributed by atoms with Crippen LogP contribution >= 0.6 is 11.6 Å². The molecular formula is C21H20ClNO5. The molecule has 0 aliphatic heterocycles. The van der Waals surface area contributed by atoms with Gasteiger partial charge in [0.05, 0.1) is 19.9 Å². The third-order valence-electron chi connectivity index (χ3n) is 4.53. The predicted octanol–water partition coefficient (Wildman–Crippen LogP) is 4.34. The number of carbonyl (C=O) groups excluding carboxylic acids is 1. The first kappa shape index (κ1) is 19.8. The lowest BCUT2D eigenvalue weighted by atomic mass is 10.0. The molecule has 1 N–H and O–H groups in total. The molecule has 2 aromatic carbocycles. The topological polar surface area (TPSA) is 77.8 Å². The van der Waals surface area contributed by atoms with Crippen molar-refractivity contribution >= 4 is 34.2 Å². The molecule has 1 aromatic heterocycles. The van der Waals surface area contributed by atoms with Gasteiger partial charge in [0.1, 0.15) is 17.1 Å². The highest BCUT2D eigenvalue weighted by atomic mass is 35.5. The van der Waals surface area contributed by atoms with Crippen molar-refractivity contribution in [3.05, 3.63) is 63.0 Å². The van der Waals surface area contributed by atoms with Crippen LogP contribution in [-0.2, 0) is 11.2 Å². The van der Waals surface area contributed by atoms with Gasteiger partial charge in [-0.1, -0.05) is 11.6 Å². The molecule has 1 heterocycles. The van der Waals surface area contributed by atoms with Crippen molar-refractivity contribution in [2.45, 2.75) is 19.8 Å². The molecule has 1 amide bonds. The Balaban J connectivity index is 1.79. The Hall–Kier alpha value is -2.99. The van der Waals surface area contributed by atoms with E-state index in [1.165, 1.54) is 7.11 Å². The zero-order valence-corrected chi connectivity index (χ0v) is 16.6. The van der Waals surface area contributed by atoms with Gasteiger partial charge >= 0.3 is 5.63 Å². The Kier molecular flexibility index (Phi) is 5.90. The highest BCUT2D eigenvalue weighted by Gasteiger charge is 2.15. The molecule has 146 valence electrons. The fraction of sp³-hybridized carbons (Fsp3) is 0.238. The van der Waals surface area contributed by atoms with Gasteiger partial charge < -0.3 is 19.2 Å². The van der Waals surface area contributed by atoms with Crippen molar-refractivity contribution in [3.8, 4) is 11.5 Å². The van der Waals surface area contributed by atoms with Crippen LogP contribution < -0.4 is 20.4 Å². The maximum absolute atomic E-state index is 12.4. The normalized spacial score (nSPS) is 10.7. The second-order valence-corrected chi connectivity index (χ2v) is 6.68. The first-order chi connectivity index (χ1) is 13.4. The van der Waals surface area contributed by atoms with E-state index in [1.807, 2.05) is 13.0 Å². The molecule has 0 aliphatic rings. The summed E-state index contributed by atoms with van der Waals surface area (Å²) in [6, 6.07) is 10.3. The monoisotopic (exact) mass is 401 g/mol. The number of ether oxygens (including phenoxy) is 2. The molecular weight excluding hydrogens is 382 g/mol. The van der Waals surface area contributed by atoms with Crippen LogP contribution in [0.15, 0.2) is 45.6 Å². The lowest BCUT2D eigenvalue weighted by Gasteiger charge is -2.11. The third kappa shape index (κ3) is 4.12. The smallest absolute Gasteiger partial charge is 0.339 e. The van der Waals surface area contributed by atoms with Gasteiger partial charge in [-0.05, 0) is 49.2 Å². The van der Waals surface area contributed by atoms with Crippen LogP contribution in [0.4, 0.5) is 5.69 Å². The van der Waals surface area contributed by atoms with Crippen LogP contribution in [0.5, 0.6) is 11.5 Å². The molecule has 7 heteroatoms. The molecule has 0 unspecified atom stereocenters. The number of benzene rings is 2. The average molecular weight is 402 g/mol. The molecule has 0 aliphatic carbocycles. The first-order valence-corrected chi connectivity index (χ1v) is 9.04. The Bertz CT molecular complexity index is 1090. The number of anilines is 1. The molecule has 0 atom stereocenters. The van der Waals surface area contributed by atoms with Crippen LogP contribution in [0.25, 0.3) is 11.0 Å². The van der Waals surface area contributed by atoms with E-state index < -0.39 is 5.63 Å². The second kappa shape index (κ2) is 8.35. The van der Waals surface area contributed by atoms with Crippen molar-refractivity contribution in [2.75, 3.05) is 19.5 Å². The Morgan fingerprint density at radius 3 is 2.64 bits per heavy atom. The van der Waals surface area contributed by atoms with E-state index in [9.17, 15) is 9.59 Å². The lowest BCUT2D eigenvalue weighted by Crippen LogP contribution is -2.17. The Morgan fingerprint density at radius 2 is 1.93 bits per heavy atom. The molecule has 0 spiro atoms. The highest BCUT2D eigenvalue weighted by Crippen LogP contribution is 2.28. The summed E-state index contributed by atoms with van der Waals surface area (Å²) < 4.78 is 15.8. The zero-order valence-electron chi connectivity index (χ0n) is 15.8. The number of hydrogen-bond acceptors (Lipinski definition) is 5. The molecule has 3 rings (SSSR count). The number of carbonyl (C=O) groups is 1. The number of nitrogens with one attached hydrogen (secondary N) is 1. The summed E-state index contributed by atoms with van der Waals surface area (Å²) in [5.74, 6) is 0.861. The summed E-state index contributed by atoms with van der Waals surface area (Å²) in [6.45, 7) is 1.85. The molecule has 0 fully saturated rings. The molecule has 6 nitrogen and oxygen atoms in total. The van der Waals surface area contributed by atoms with Gasteiger partial charge in [0.2, 0.25) is 5.91 Å². The SMILES string of the molecule is COc1ccc2c(C)c(CCC(=O)Nc3cc(Cl)ccc3OC)c(=O)oc2c1. The number of fused-ring (bicyclic) bond motifs is 1. The first-order valence-electron chi connectivity index (χ1n) is 8.66. The van der Waals surface area contributed by atoms with Crippen LogP contribution in [0.1, 0.15) is 17.5 Å². The number of rotatable bonds is 6. The van der Waals surface area contributed by atoms with Crippen molar-refractivity contribution in [1.29, 1.82) is 0 Å². The summed E-state index contributed by atoms with van der Waals surface area (Å²) >= 11 is 5.98. The molecule has 0 saturated carbocycles. The summed E-state index contributed by atoms with van der Waals surface area (Å²) in [7, 11) is 3.06. The largest absolute Gasteiger partial charge is 0.497 e. The van der Waals surface area contributed by atoms with Crippen molar-refractivity contribution in [2.24, 2.45) is 0 Å². The second-order valence-electron chi connectivity index (χ2n) is 6.25. The number of aryl methyl sites for hydroxylation is 1. The van der Waals surface area contributed by atoms with E-state index in [4.69, 9.17) is 25.5 Å². The molecule has 0 bridgehead atoms. The van der Waals surface area contributed by atoms with Crippen molar-refractivity contribution < 1.29 is 18.7 Å². The number of amides is 1. The Labute approximate surface area is 167 Å². The van der Waals surface area contributed by atoms with Crippen molar-refractivity contribution in [1.82, 2.24) is 0 Å². The predicted molar refractivity (Wildman–Crippen MR) is 109 cm³/mol. The zero-order chi connectivity index (χ0) is 20.3. The van der Waals surface area contributed by atoms with Gasteiger partial charge in [-0.25, -0.2) is 4.79 Å². The molecule has 0 radical (unpaired) electrons. The molecule has 3 aromatic rings. The van der Waals surface area contributed by atoms with Gasteiger partial charge in [0.25, 0.3) is 0 Å². The third-order valence-corrected chi connectivity index (χ3v) is 4.77. The fourth-order valence-corrected chi connectivity index (χ4v) is 3.19. The van der Waals surface area contributed by atoms with Gasteiger partial charge in [-0.3, -0.25) is 4.79 Å². The van der Waals surface area contributed by atoms with Gasteiger partial charge in [0, 0.05) is 28.5 Å². The van der Waals surface area contributed by atoms with Gasteiger partial charge in [0.15, 0.2) is 0 Å². The summed E-state index contributed by atoms with van der Waals surface area (Å²) in [5.41, 5.74) is 1.76. The lowest BCUT2D eigenvalue weighted by molar-refractivity contribution is -0.116. The minimum Gasteiger partial charge on any atom is -0.497 e. The molecule has 0 saturated heterocycles. The van der Waals surface area contributed by atoms with E-state index >= 15 is 0 Å². The minimum absolute atomic E-state index is 0.114. The minimum atomic E-state index is -0.452. The molecule has 28 heavy (non-hydrogen) atoms. The van der Waals surface area contributed by atoms with E-state index in [2.05, 4.69) is 5.32 Å². The van der Waals surface area contributed by atoms with Crippen molar-refractivity contribution in [3.63, 3.8) is 0 Å². The number of methoxy groups -OCH3 is 2. The highest BCUT2D eigenvalue weighted by molar-refractivity contribution is 6.31. The Morgan fingerprint density at radius 1 is 1.14 bits per heavy atom. The number of halogens is 1. The number of hydrogen-bond donors (Lipinski definition) is 1. The summed E-state index contributed by atoms with van der Waals surface area (Å²) in [4.78, 5) is 24.8. The van der Waals surface area contributed by atoms with Gasteiger partial charge in [-0.15, -0.1) is 0 Å². The average Bonchev–Trinajstić information content (AvgIpc) is 2.67. The van der Waals surface area contributed by atoms with Crippen LogP contribution in [0.3, 0.4) is 0 Å². The summed E-state index contributed by atoms with van der Waals surface area (Å²) in [6.07, 6.45) is 0.369. The van der Waals surface area contributed by atoms with Crippen LogP contribution in [-0.4, -0.2) is 20.1 Å². The van der Waals surface area contributed by atoms with E-state index in [0.717, 1.165) is 10.9 Å². The van der Waals surface area contributed by atoms with Crippen LogP contribution in [0, 0.1) is 6.92 Å². The standard InChI is InChI=1S/C21H20ClNO5/c1-12-15-6-5-14(26-2)11-19(15)28-21(25)16(12)7-9-20(24)23-17-10-13(22)4-8-18(17)27-3/h4-6,8,10-11H,7,9H2,1-3H3,(H,23,24). The maximum atomic E-state index is 12.4. The van der Waals surface area contributed by atoms with Crippen LogP contribution in [0.2, 0.25) is 5.02 Å². The fourth-order valence-electron chi connectivity index (χ4n) is 3.02. The summed E-state index contributed by atoms with van der Waals surface area (Å²) in [5, 5.41) is 4.06. The van der Waals surface area contributed by atoms with Gasteiger partial charge in [-0.2, -0.15) is 0 Å².